The van der Waals surface area contributed by atoms with Crippen molar-refractivity contribution < 1.29 is 9.15 Å². The van der Waals surface area contributed by atoms with E-state index in [1.807, 2.05) is 42.5 Å². The third-order valence-corrected chi connectivity index (χ3v) is 5.34. The molecule has 0 atom stereocenters. The monoisotopic (exact) mass is 375 g/mol. The van der Waals surface area contributed by atoms with Crippen molar-refractivity contribution in [1.29, 1.82) is 0 Å². The first kappa shape index (κ1) is 18.5. The third kappa shape index (κ3) is 4.33. The van der Waals surface area contributed by atoms with Crippen LogP contribution in [0.15, 0.2) is 69.0 Å². The summed E-state index contributed by atoms with van der Waals surface area (Å²) in [6, 6.07) is 15.5. The summed E-state index contributed by atoms with van der Waals surface area (Å²) in [6.45, 7) is 1.18. The molecule has 0 radical (unpaired) electrons. The fraction of sp³-hybridized carbons (Fsp3) is 0.333. The first-order valence-corrected chi connectivity index (χ1v) is 10.0. The summed E-state index contributed by atoms with van der Waals surface area (Å²) in [5.74, 6) is 1.18. The van der Waals surface area contributed by atoms with Crippen LogP contribution >= 0.6 is 0 Å². The summed E-state index contributed by atoms with van der Waals surface area (Å²) in [7, 11) is 0. The molecule has 3 aromatic rings. The second-order valence-electron chi connectivity index (χ2n) is 7.42. The lowest BCUT2D eigenvalue weighted by atomic mass is 9.90. The van der Waals surface area contributed by atoms with E-state index in [9.17, 15) is 4.79 Å². The van der Waals surface area contributed by atoms with E-state index in [0.29, 0.717) is 41.4 Å². The van der Waals surface area contributed by atoms with Crippen LogP contribution in [0.25, 0.3) is 11.0 Å². The Kier molecular flexibility index (Phi) is 5.86. The molecule has 28 heavy (non-hydrogen) atoms. The molecule has 1 fully saturated rings. The minimum Gasteiger partial charge on any atom is -0.492 e. The van der Waals surface area contributed by atoms with Crippen LogP contribution in [-0.4, -0.2) is 12.8 Å². The van der Waals surface area contributed by atoms with Crippen molar-refractivity contribution in [3.63, 3.8) is 0 Å². The Hall–Kier alpha value is -2.88. The fourth-order valence-corrected chi connectivity index (χ4v) is 3.76. The molecule has 0 spiro atoms. The van der Waals surface area contributed by atoms with Gasteiger partial charge in [0.15, 0.2) is 0 Å². The van der Waals surface area contributed by atoms with Gasteiger partial charge in [-0.3, -0.25) is 9.79 Å². The number of fused-ring (bicyclic) bond motifs is 1. The van der Waals surface area contributed by atoms with Crippen LogP contribution in [0.4, 0.5) is 0 Å². The first-order chi connectivity index (χ1) is 13.8. The van der Waals surface area contributed by atoms with Crippen LogP contribution in [0, 0.1) is 5.92 Å². The highest BCUT2D eigenvalue weighted by Crippen LogP contribution is 2.27. The molecule has 0 saturated heterocycles. The van der Waals surface area contributed by atoms with Crippen LogP contribution in [0.3, 0.4) is 0 Å². The van der Waals surface area contributed by atoms with Crippen LogP contribution in [-0.2, 0) is 6.54 Å². The summed E-state index contributed by atoms with van der Waals surface area (Å²) in [6.07, 6.45) is 9.34. The minimum atomic E-state index is -0.0997. The quantitative estimate of drug-likeness (QED) is 0.544. The molecule has 1 aliphatic carbocycles. The van der Waals surface area contributed by atoms with E-state index >= 15 is 0 Å². The van der Waals surface area contributed by atoms with E-state index in [4.69, 9.17) is 9.15 Å². The topological polar surface area (TPSA) is 51.8 Å². The average molecular weight is 375 g/mol. The standard InChI is InChI=1S/C24H25NO3/c26-24-20(15-25-14-18-8-3-1-4-9-18)17-28-22-13-7-12-21(23(22)24)27-16-19-10-5-2-6-11-19/h1,3-4,7-9,12-13,15,17,19H,2,5-6,10-11,14,16H2. The Bertz CT molecular complexity index is 1000. The van der Waals surface area contributed by atoms with Gasteiger partial charge < -0.3 is 9.15 Å². The molecule has 0 amide bonds. The normalized spacial score (nSPS) is 15.3. The highest BCUT2D eigenvalue weighted by molar-refractivity contribution is 5.89. The summed E-state index contributed by atoms with van der Waals surface area (Å²) in [5, 5.41) is 0.502. The van der Waals surface area contributed by atoms with Gasteiger partial charge in [0.1, 0.15) is 23.0 Å². The van der Waals surface area contributed by atoms with E-state index in [1.165, 1.54) is 38.4 Å². The van der Waals surface area contributed by atoms with Crippen molar-refractivity contribution in [1.82, 2.24) is 0 Å². The highest BCUT2D eigenvalue weighted by Gasteiger charge is 2.16. The number of hydrogen-bond acceptors (Lipinski definition) is 4. The van der Waals surface area contributed by atoms with E-state index < -0.39 is 0 Å². The van der Waals surface area contributed by atoms with Crippen LogP contribution in [0.1, 0.15) is 43.2 Å². The molecule has 1 aliphatic rings. The van der Waals surface area contributed by atoms with Crippen LogP contribution in [0.5, 0.6) is 5.75 Å². The average Bonchev–Trinajstić information content (AvgIpc) is 2.75. The lowest BCUT2D eigenvalue weighted by molar-refractivity contribution is 0.210. The molecule has 4 rings (SSSR count). The SMILES string of the molecule is O=c1c(C=NCc2ccccc2)coc2cccc(OCC3CCCCC3)c12. The maximum absolute atomic E-state index is 13.0. The molecule has 4 heteroatoms. The Morgan fingerprint density at radius 1 is 1.04 bits per heavy atom. The molecule has 2 aromatic carbocycles. The number of ether oxygens (including phenoxy) is 1. The predicted octanol–water partition coefficient (Wildman–Crippen LogP) is 5.37. The van der Waals surface area contributed by atoms with Crippen molar-refractivity contribution in [3.8, 4) is 5.75 Å². The first-order valence-electron chi connectivity index (χ1n) is 10.0. The Morgan fingerprint density at radius 2 is 1.86 bits per heavy atom. The van der Waals surface area contributed by atoms with Crippen molar-refractivity contribution in [2.24, 2.45) is 10.9 Å². The molecule has 1 aromatic heterocycles. The van der Waals surface area contributed by atoms with Gasteiger partial charge in [-0.15, -0.1) is 0 Å². The minimum absolute atomic E-state index is 0.0997. The van der Waals surface area contributed by atoms with Crippen LogP contribution < -0.4 is 10.2 Å². The molecule has 4 nitrogen and oxygen atoms in total. The number of rotatable bonds is 6. The predicted molar refractivity (Wildman–Crippen MR) is 112 cm³/mol. The van der Waals surface area contributed by atoms with Crippen molar-refractivity contribution >= 4 is 17.2 Å². The van der Waals surface area contributed by atoms with E-state index in [1.54, 1.807) is 12.3 Å². The lowest BCUT2D eigenvalue weighted by Crippen LogP contribution is -2.16. The summed E-state index contributed by atoms with van der Waals surface area (Å²) >= 11 is 0. The largest absolute Gasteiger partial charge is 0.492 e. The lowest BCUT2D eigenvalue weighted by Gasteiger charge is -2.21. The molecule has 0 N–H and O–H groups in total. The van der Waals surface area contributed by atoms with Gasteiger partial charge in [-0.25, -0.2) is 0 Å². The zero-order valence-corrected chi connectivity index (χ0v) is 16.0. The van der Waals surface area contributed by atoms with Gasteiger partial charge >= 0.3 is 0 Å². The zero-order chi connectivity index (χ0) is 19.2. The highest BCUT2D eigenvalue weighted by atomic mass is 16.5. The molecule has 0 unspecified atom stereocenters. The molecular weight excluding hydrogens is 350 g/mol. The number of nitrogens with zero attached hydrogens (tertiary/aromatic N) is 1. The molecule has 144 valence electrons. The van der Waals surface area contributed by atoms with Gasteiger partial charge in [0.25, 0.3) is 0 Å². The molecule has 0 bridgehead atoms. The number of benzene rings is 2. The van der Waals surface area contributed by atoms with Crippen molar-refractivity contribution in [2.75, 3.05) is 6.61 Å². The third-order valence-electron chi connectivity index (χ3n) is 5.34. The van der Waals surface area contributed by atoms with Gasteiger partial charge in [0.2, 0.25) is 5.43 Å². The van der Waals surface area contributed by atoms with E-state index in [2.05, 4.69) is 4.99 Å². The Labute approximate surface area is 164 Å². The molecular formula is C24H25NO3. The van der Waals surface area contributed by atoms with Crippen molar-refractivity contribution in [3.05, 3.63) is 76.1 Å². The molecule has 1 heterocycles. The maximum Gasteiger partial charge on any atom is 0.205 e. The van der Waals surface area contributed by atoms with E-state index in [0.717, 1.165) is 5.56 Å². The van der Waals surface area contributed by atoms with Gasteiger partial charge in [-0.2, -0.15) is 0 Å². The molecule has 0 aliphatic heterocycles. The second-order valence-corrected chi connectivity index (χ2v) is 7.42. The smallest absolute Gasteiger partial charge is 0.205 e. The van der Waals surface area contributed by atoms with Crippen molar-refractivity contribution in [2.45, 2.75) is 38.6 Å². The fourth-order valence-electron chi connectivity index (χ4n) is 3.76. The van der Waals surface area contributed by atoms with Gasteiger partial charge in [-0.1, -0.05) is 55.7 Å². The number of hydrogen-bond donors (Lipinski definition) is 0. The van der Waals surface area contributed by atoms with E-state index in [-0.39, 0.29) is 5.43 Å². The summed E-state index contributed by atoms with van der Waals surface area (Å²) in [5.41, 5.74) is 1.99. The molecule has 1 saturated carbocycles. The van der Waals surface area contributed by atoms with Gasteiger partial charge in [0.05, 0.1) is 18.7 Å². The number of aliphatic imine (C=N–C) groups is 1. The summed E-state index contributed by atoms with van der Waals surface area (Å²) < 4.78 is 11.8. The second kappa shape index (κ2) is 8.87. The zero-order valence-electron chi connectivity index (χ0n) is 16.0. The van der Waals surface area contributed by atoms with Gasteiger partial charge in [0, 0.05) is 6.21 Å². The Morgan fingerprint density at radius 3 is 2.68 bits per heavy atom. The van der Waals surface area contributed by atoms with Crippen LogP contribution in [0.2, 0.25) is 0 Å². The summed E-state index contributed by atoms with van der Waals surface area (Å²) in [4.78, 5) is 17.4. The van der Waals surface area contributed by atoms with Gasteiger partial charge in [-0.05, 0) is 36.5 Å². The maximum atomic E-state index is 13.0. The Balaban J connectivity index is 1.55.